The molecule has 0 radical (unpaired) electrons. The summed E-state index contributed by atoms with van der Waals surface area (Å²) < 4.78 is 6.41. The normalized spacial score (nSPS) is 15.5. The number of rotatable bonds is 7. The second-order valence-electron chi connectivity index (χ2n) is 14.9. The number of hydrogen-bond acceptors (Lipinski definition) is 3. The highest BCUT2D eigenvalue weighted by Gasteiger charge is 2.37. The average molecular weight is 731 g/mol. The molecule has 8 aromatic carbocycles. The van der Waals surface area contributed by atoms with Crippen molar-refractivity contribution in [2.24, 2.45) is 0 Å². The molecule has 270 valence electrons. The zero-order valence-electron chi connectivity index (χ0n) is 31.2. The fraction of sp³-hybridized carbons (Fsp3) is 0.0370. The van der Waals surface area contributed by atoms with Gasteiger partial charge in [0, 0.05) is 50.7 Å². The molecule has 0 amide bonds. The van der Waals surface area contributed by atoms with Crippen LogP contribution in [0.25, 0.3) is 55.3 Å². The van der Waals surface area contributed by atoms with Crippen LogP contribution in [0.1, 0.15) is 11.5 Å². The molecular formula is C54H38N2O. The minimum Gasteiger partial charge on any atom is -0.455 e. The molecule has 0 saturated carbocycles. The first-order chi connectivity index (χ1) is 28.3. The molecule has 11 rings (SSSR count). The van der Waals surface area contributed by atoms with E-state index in [0.717, 1.165) is 50.1 Å². The van der Waals surface area contributed by atoms with Crippen molar-refractivity contribution < 1.29 is 4.42 Å². The maximum atomic E-state index is 6.41. The number of anilines is 5. The number of furan rings is 1. The minimum atomic E-state index is 0.268. The van der Waals surface area contributed by atoms with E-state index in [-0.39, 0.29) is 6.04 Å². The predicted molar refractivity (Wildman–Crippen MR) is 238 cm³/mol. The number of nitrogens with zero attached hydrogens (tertiary/aromatic N) is 2. The van der Waals surface area contributed by atoms with E-state index in [1.807, 2.05) is 12.1 Å². The van der Waals surface area contributed by atoms with Gasteiger partial charge in [0.25, 0.3) is 0 Å². The first kappa shape index (κ1) is 33.0. The summed E-state index contributed by atoms with van der Waals surface area (Å²) in [5, 5.41) is 2.27. The fourth-order valence-electron chi connectivity index (χ4n) is 8.87. The van der Waals surface area contributed by atoms with Crippen molar-refractivity contribution in [1.29, 1.82) is 0 Å². The lowest BCUT2D eigenvalue weighted by molar-refractivity contribution is 0.670. The topological polar surface area (TPSA) is 19.6 Å². The van der Waals surface area contributed by atoms with Crippen LogP contribution in [0.4, 0.5) is 28.4 Å². The standard InChI is InChI=1S/C54H38N2O/c1-2-12-37(13-3-1)38-24-30-42(31-25-38)55(44-34-28-40(29-35-44)46-19-11-20-50-49-18-6-9-23-53(49)57-54(46)50)43-32-26-39(27-33-43)41-14-10-15-45(36-41)56-51-21-7-4-16-47(51)48-17-5-8-22-52(48)56/h1-36,47,51H. The van der Waals surface area contributed by atoms with Crippen LogP contribution in [0.2, 0.25) is 0 Å². The zero-order valence-corrected chi connectivity index (χ0v) is 31.2. The van der Waals surface area contributed by atoms with E-state index in [1.165, 1.54) is 39.2 Å². The molecule has 1 aromatic heterocycles. The third-order valence-corrected chi connectivity index (χ3v) is 11.6. The van der Waals surface area contributed by atoms with Gasteiger partial charge in [-0.25, -0.2) is 0 Å². The van der Waals surface area contributed by atoms with Crippen LogP contribution in [-0.4, -0.2) is 6.04 Å². The summed E-state index contributed by atoms with van der Waals surface area (Å²) >= 11 is 0. The van der Waals surface area contributed by atoms with Gasteiger partial charge < -0.3 is 14.2 Å². The van der Waals surface area contributed by atoms with E-state index in [2.05, 4.69) is 216 Å². The van der Waals surface area contributed by atoms with Crippen LogP contribution in [0.5, 0.6) is 0 Å². The smallest absolute Gasteiger partial charge is 0.143 e. The Hall–Kier alpha value is -7.36. The maximum absolute atomic E-state index is 6.41. The summed E-state index contributed by atoms with van der Waals surface area (Å²) in [6, 6.07) is 70.0. The van der Waals surface area contributed by atoms with Gasteiger partial charge in [0.05, 0.1) is 6.04 Å². The maximum Gasteiger partial charge on any atom is 0.143 e. The largest absolute Gasteiger partial charge is 0.455 e. The second-order valence-corrected chi connectivity index (χ2v) is 14.9. The SMILES string of the molecule is C1=CC2c3ccccc3N(c3cccc(-c4ccc(N(c5ccc(-c6ccccc6)cc5)c5ccc(-c6cccc7c6oc6ccccc67)cc5)cc4)c3)C2C=C1. The average Bonchev–Trinajstić information content (AvgIpc) is 3.84. The molecule has 1 aliphatic carbocycles. The van der Waals surface area contributed by atoms with E-state index in [0.29, 0.717) is 5.92 Å². The zero-order chi connectivity index (χ0) is 37.7. The van der Waals surface area contributed by atoms with Gasteiger partial charge in [-0.2, -0.15) is 0 Å². The molecule has 1 aliphatic heterocycles. The van der Waals surface area contributed by atoms with Crippen molar-refractivity contribution >= 4 is 50.4 Å². The molecule has 0 saturated heterocycles. The quantitative estimate of drug-likeness (QED) is 0.163. The van der Waals surface area contributed by atoms with Crippen LogP contribution < -0.4 is 9.80 Å². The molecule has 9 aromatic rings. The summed E-state index contributed by atoms with van der Waals surface area (Å²) in [4.78, 5) is 4.84. The number of fused-ring (bicyclic) bond motifs is 6. The van der Waals surface area contributed by atoms with Gasteiger partial charge in [0.1, 0.15) is 11.2 Å². The van der Waals surface area contributed by atoms with Crippen molar-refractivity contribution in [3.05, 3.63) is 224 Å². The Morgan fingerprint density at radius 3 is 1.79 bits per heavy atom. The van der Waals surface area contributed by atoms with Crippen molar-refractivity contribution in [1.82, 2.24) is 0 Å². The highest BCUT2D eigenvalue weighted by molar-refractivity contribution is 6.09. The Kier molecular flexibility index (Phi) is 7.96. The van der Waals surface area contributed by atoms with Crippen molar-refractivity contribution in [3.63, 3.8) is 0 Å². The predicted octanol–water partition coefficient (Wildman–Crippen LogP) is 14.8. The van der Waals surface area contributed by atoms with Crippen LogP contribution in [0.15, 0.2) is 223 Å². The minimum absolute atomic E-state index is 0.268. The highest BCUT2D eigenvalue weighted by Crippen LogP contribution is 2.48. The van der Waals surface area contributed by atoms with Crippen LogP contribution in [-0.2, 0) is 0 Å². The Morgan fingerprint density at radius 1 is 0.439 bits per heavy atom. The molecule has 2 atom stereocenters. The summed E-state index contributed by atoms with van der Waals surface area (Å²) in [6.45, 7) is 0. The fourth-order valence-corrected chi connectivity index (χ4v) is 8.87. The van der Waals surface area contributed by atoms with E-state index in [1.54, 1.807) is 0 Å². The van der Waals surface area contributed by atoms with Crippen molar-refractivity contribution in [2.75, 3.05) is 9.80 Å². The number of allylic oxidation sites excluding steroid dienone is 2. The Bertz CT molecular complexity index is 2960. The summed E-state index contributed by atoms with van der Waals surface area (Å²) in [6.07, 6.45) is 9.02. The molecule has 0 bridgehead atoms. The van der Waals surface area contributed by atoms with E-state index >= 15 is 0 Å². The van der Waals surface area contributed by atoms with E-state index in [4.69, 9.17) is 4.42 Å². The molecule has 2 unspecified atom stereocenters. The van der Waals surface area contributed by atoms with Gasteiger partial charge in [-0.05, 0) is 94.0 Å². The van der Waals surface area contributed by atoms with Crippen molar-refractivity contribution in [2.45, 2.75) is 12.0 Å². The lowest BCUT2D eigenvalue weighted by Crippen LogP contribution is -2.28. The van der Waals surface area contributed by atoms with Crippen LogP contribution in [0.3, 0.4) is 0 Å². The van der Waals surface area contributed by atoms with Gasteiger partial charge in [0.15, 0.2) is 0 Å². The number of benzene rings is 8. The third kappa shape index (κ3) is 5.75. The second kappa shape index (κ2) is 13.7. The summed E-state index contributed by atoms with van der Waals surface area (Å²) in [7, 11) is 0. The number of para-hydroxylation sites is 3. The molecule has 57 heavy (non-hydrogen) atoms. The molecule has 3 heteroatoms. The van der Waals surface area contributed by atoms with Crippen molar-refractivity contribution in [3.8, 4) is 33.4 Å². The van der Waals surface area contributed by atoms with Gasteiger partial charge in [-0.1, -0.05) is 158 Å². The molecule has 2 aliphatic rings. The first-order valence-electron chi connectivity index (χ1n) is 19.7. The Labute approximate surface area is 332 Å². The highest BCUT2D eigenvalue weighted by atomic mass is 16.3. The molecule has 2 heterocycles. The van der Waals surface area contributed by atoms with Crippen LogP contribution in [0, 0.1) is 0 Å². The van der Waals surface area contributed by atoms with Gasteiger partial charge in [-0.3, -0.25) is 0 Å². The molecular weight excluding hydrogens is 693 g/mol. The first-order valence-corrected chi connectivity index (χ1v) is 19.7. The van der Waals surface area contributed by atoms with Gasteiger partial charge in [0.2, 0.25) is 0 Å². The van der Waals surface area contributed by atoms with E-state index in [9.17, 15) is 0 Å². The van der Waals surface area contributed by atoms with E-state index < -0.39 is 0 Å². The lowest BCUT2D eigenvalue weighted by atomic mass is 9.91. The number of hydrogen-bond donors (Lipinski definition) is 0. The molecule has 0 fully saturated rings. The molecule has 3 nitrogen and oxygen atoms in total. The molecule has 0 N–H and O–H groups in total. The Balaban J connectivity index is 0.952. The Morgan fingerprint density at radius 2 is 1.02 bits per heavy atom. The van der Waals surface area contributed by atoms with Gasteiger partial charge >= 0.3 is 0 Å². The van der Waals surface area contributed by atoms with Gasteiger partial charge in [-0.15, -0.1) is 0 Å². The lowest BCUT2D eigenvalue weighted by Gasteiger charge is -2.29. The van der Waals surface area contributed by atoms with Crippen LogP contribution >= 0.6 is 0 Å². The third-order valence-electron chi connectivity index (χ3n) is 11.6. The summed E-state index contributed by atoms with van der Waals surface area (Å²) in [5.41, 5.74) is 15.9. The molecule has 0 spiro atoms. The summed E-state index contributed by atoms with van der Waals surface area (Å²) in [5.74, 6) is 0.356. The monoisotopic (exact) mass is 730 g/mol.